The first-order valence-corrected chi connectivity index (χ1v) is 3.23. The molecule has 0 bridgehead atoms. The van der Waals surface area contributed by atoms with Gasteiger partial charge in [-0.05, 0) is 6.92 Å². The molecule has 1 aromatic rings. The van der Waals surface area contributed by atoms with Gasteiger partial charge in [0.25, 0.3) is 5.91 Å². The lowest BCUT2D eigenvalue weighted by atomic mass is 10.3. The molecule has 1 amide bonds. The number of rotatable bonds is 2. The smallest absolute Gasteiger partial charge is 0.256 e. The molecule has 0 saturated carbocycles. The maximum atomic E-state index is 10.9. The van der Waals surface area contributed by atoms with Crippen LogP contribution in [0.15, 0.2) is 18.7 Å². The van der Waals surface area contributed by atoms with Crippen LogP contribution >= 0.6 is 0 Å². The van der Waals surface area contributed by atoms with Gasteiger partial charge in [-0.25, -0.2) is 10.8 Å². The summed E-state index contributed by atoms with van der Waals surface area (Å²) in [4.78, 5) is 14.7. The molecule has 0 aromatic carbocycles. The average Bonchev–Trinajstić information content (AvgIpc) is 2.53. The molecule has 1 aromatic heterocycles. The van der Waals surface area contributed by atoms with Gasteiger partial charge in [0.1, 0.15) is 6.04 Å². The molecule has 1 atom stereocenters. The Hall–Kier alpha value is -1.36. The highest BCUT2D eigenvalue weighted by molar-refractivity contribution is 5.79. The van der Waals surface area contributed by atoms with Gasteiger partial charge < -0.3 is 4.57 Å². The van der Waals surface area contributed by atoms with Crippen molar-refractivity contribution in [3.63, 3.8) is 0 Å². The van der Waals surface area contributed by atoms with Crippen LogP contribution in [-0.4, -0.2) is 15.5 Å². The van der Waals surface area contributed by atoms with Gasteiger partial charge in [-0.2, -0.15) is 0 Å². The number of imidazole rings is 1. The number of nitrogens with one attached hydrogen (secondary N) is 1. The molecule has 0 fully saturated rings. The predicted molar refractivity (Wildman–Crippen MR) is 39.3 cm³/mol. The fourth-order valence-corrected chi connectivity index (χ4v) is 0.755. The first-order chi connectivity index (χ1) is 5.25. The zero-order valence-corrected chi connectivity index (χ0v) is 6.19. The Morgan fingerprint density at radius 3 is 3.00 bits per heavy atom. The summed E-state index contributed by atoms with van der Waals surface area (Å²) in [6.45, 7) is 1.74. The molecule has 5 nitrogen and oxygen atoms in total. The lowest BCUT2D eigenvalue weighted by Gasteiger charge is -2.09. The van der Waals surface area contributed by atoms with E-state index in [1.54, 1.807) is 30.2 Å². The summed E-state index contributed by atoms with van der Waals surface area (Å²) in [5, 5.41) is 0. The van der Waals surface area contributed by atoms with E-state index in [0.717, 1.165) is 0 Å². The highest BCUT2D eigenvalue weighted by atomic mass is 16.2. The van der Waals surface area contributed by atoms with Crippen LogP contribution in [0.4, 0.5) is 0 Å². The zero-order chi connectivity index (χ0) is 8.27. The van der Waals surface area contributed by atoms with Crippen LogP contribution < -0.4 is 11.3 Å². The molecule has 3 N–H and O–H groups in total. The topological polar surface area (TPSA) is 72.9 Å². The molecule has 1 heterocycles. The first-order valence-electron chi connectivity index (χ1n) is 3.23. The number of hydrogen-bond acceptors (Lipinski definition) is 3. The van der Waals surface area contributed by atoms with E-state index in [0.29, 0.717) is 0 Å². The maximum Gasteiger partial charge on any atom is 0.256 e. The largest absolute Gasteiger partial charge is 0.325 e. The van der Waals surface area contributed by atoms with Crippen LogP contribution in [0.3, 0.4) is 0 Å². The van der Waals surface area contributed by atoms with Gasteiger partial charge in [-0.3, -0.25) is 10.2 Å². The molecule has 0 aliphatic carbocycles. The summed E-state index contributed by atoms with van der Waals surface area (Å²) in [6.07, 6.45) is 4.89. The van der Waals surface area contributed by atoms with Crippen LogP contribution in [0, 0.1) is 0 Å². The molecule has 5 heteroatoms. The lowest BCUT2D eigenvalue weighted by Crippen LogP contribution is -2.35. The molecule has 0 radical (unpaired) electrons. The number of hydrogen-bond donors (Lipinski definition) is 2. The second-order valence-electron chi connectivity index (χ2n) is 2.19. The van der Waals surface area contributed by atoms with Crippen LogP contribution in [0.25, 0.3) is 0 Å². The Balaban J connectivity index is 2.70. The van der Waals surface area contributed by atoms with Crippen LogP contribution in [-0.2, 0) is 4.79 Å². The van der Waals surface area contributed by atoms with E-state index in [-0.39, 0.29) is 11.9 Å². The van der Waals surface area contributed by atoms with Crippen molar-refractivity contribution in [1.82, 2.24) is 15.0 Å². The number of hydrazine groups is 1. The monoisotopic (exact) mass is 154 g/mol. The Kier molecular flexibility index (Phi) is 2.22. The quantitative estimate of drug-likeness (QED) is 0.340. The third kappa shape index (κ3) is 1.56. The minimum absolute atomic E-state index is 0.233. The Morgan fingerprint density at radius 1 is 1.82 bits per heavy atom. The van der Waals surface area contributed by atoms with E-state index in [1.807, 2.05) is 0 Å². The molecule has 0 spiro atoms. The highest BCUT2D eigenvalue weighted by Gasteiger charge is 2.11. The van der Waals surface area contributed by atoms with Gasteiger partial charge in [0.15, 0.2) is 0 Å². The van der Waals surface area contributed by atoms with E-state index in [4.69, 9.17) is 5.84 Å². The summed E-state index contributed by atoms with van der Waals surface area (Å²) < 4.78 is 1.67. The average molecular weight is 154 g/mol. The van der Waals surface area contributed by atoms with Crippen LogP contribution in [0.5, 0.6) is 0 Å². The van der Waals surface area contributed by atoms with Gasteiger partial charge in [0.05, 0.1) is 6.33 Å². The maximum absolute atomic E-state index is 10.9. The van der Waals surface area contributed by atoms with E-state index in [2.05, 4.69) is 10.4 Å². The van der Waals surface area contributed by atoms with Crippen molar-refractivity contribution in [3.8, 4) is 0 Å². The van der Waals surface area contributed by atoms with Gasteiger partial charge in [0.2, 0.25) is 0 Å². The van der Waals surface area contributed by atoms with Gasteiger partial charge in [-0.1, -0.05) is 0 Å². The molecule has 0 unspecified atom stereocenters. The third-order valence-corrected chi connectivity index (χ3v) is 1.49. The number of nitrogens with two attached hydrogens (primary N) is 1. The zero-order valence-electron chi connectivity index (χ0n) is 6.19. The molecule has 60 valence electrons. The highest BCUT2D eigenvalue weighted by Crippen LogP contribution is 2.02. The molecule has 1 rings (SSSR count). The predicted octanol–water partition coefficient (Wildman–Crippen LogP) is -0.566. The molecule has 0 aliphatic rings. The molecular weight excluding hydrogens is 144 g/mol. The van der Waals surface area contributed by atoms with Crippen molar-refractivity contribution in [2.45, 2.75) is 13.0 Å². The third-order valence-electron chi connectivity index (χ3n) is 1.49. The summed E-state index contributed by atoms with van der Waals surface area (Å²) in [5.74, 6) is 4.71. The van der Waals surface area contributed by atoms with Crippen LogP contribution in [0.1, 0.15) is 13.0 Å². The van der Waals surface area contributed by atoms with Crippen molar-refractivity contribution in [3.05, 3.63) is 18.7 Å². The van der Waals surface area contributed by atoms with E-state index in [1.165, 1.54) is 0 Å². The number of nitrogens with zero attached hydrogens (tertiary/aromatic N) is 2. The van der Waals surface area contributed by atoms with Gasteiger partial charge in [-0.15, -0.1) is 0 Å². The number of carbonyl (C=O) groups is 1. The summed E-state index contributed by atoms with van der Waals surface area (Å²) >= 11 is 0. The number of amides is 1. The Morgan fingerprint density at radius 2 is 2.55 bits per heavy atom. The van der Waals surface area contributed by atoms with E-state index < -0.39 is 0 Å². The fourth-order valence-electron chi connectivity index (χ4n) is 0.755. The first kappa shape index (κ1) is 7.74. The molecule has 0 saturated heterocycles. The lowest BCUT2D eigenvalue weighted by molar-refractivity contribution is -0.123. The van der Waals surface area contributed by atoms with Gasteiger partial charge in [0, 0.05) is 12.4 Å². The second-order valence-corrected chi connectivity index (χ2v) is 2.19. The number of carbonyl (C=O) groups excluding carboxylic acids is 1. The fraction of sp³-hybridized carbons (Fsp3) is 0.333. The summed E-state index contributed by atoms with van der Waals surface area (Å²) in [7, 11) is 0. The minimum Gasteiger partial charge on any atom is -0.325 e. The molecular formula is C6H10N4O. The molecule has 0 aliphatic heterocycles. The second kappa shape index (κ2) is 3.16. The Bertz CT molecular complexity index is 231. The Labute approximate surface area is 64.2 Å². The SMILES string of the molecule is C[C@H](C(=O)NN)n1ccnc1. The van der Waals surface area contributed by atoms with Crippen LogP contribution in [0.2, 0.25) is 0 Å². The normalized spacial score (nSPS) is 12.5. The van der Waals surface area contributed by atoms with Gasteiger partial charge >= 0.3 is 0 Å². The number of aromatic nitrogens is 2. The summed E-state index contributed by atoms with van der Waals surface area (Å²) in [5.41, 5.74) is 2.07. The summed E-state index contributed by atoms with van der Waals surface area (Å²) in [6, 6.07) is -0.303. The van der Waals surface area contributed by atoms with Crippen molar-refractivity contribution in [2.24, 2.45) is 5.84 Å². The van der Waals surface area contributed by atoms with E-state index >= 15 is 0 Å². The van der Waals surface area contributed by atoms with Crippen molar-refractivity contribution in [2.75, 3.05) is 0 Å². The standard InChI is InChI=1S/C6H10N4O/c1-5(6(11)9-7)10-3-2-8-4-10/h2-5H,7H2,1H3,(H,9,11)/t5-/m1/s1. The minimum atomic E-state index is -0.303. The molecule has 11 heavy (non-hydrogen) atoms. The van der Waals surface area contributed by atoms with E-state index in [9.17, 15) is 4.79 Å². The van der Waals surface area contributed by atoms with Crippen molar-refractivity contribution < 1.29 is 4.79 Å². The van der Waals surface area contributed by atoms with Crippen molar-refractivity contribution in [1.29, 1.82) is 0 Å². The van der Waals surface area contributed by atoms with Crippen molar-refractivity contribution >= 4 is 5.91 Å².